The highest BCUT2D eigenvalue weighted by Gasteiger charge is 2.74. The van der Waals surface area contributed by atoms with Crippen LogP contribution in [0.5, 0.6) is 0 Å². The summed E-state index contributed by atoms with van der Waals surface area (Å²) < 4.78 is 14.9. The van der Waals surface area contributed by atoms with E-state index in [0.29, 0.717) is 29.7 Å². The number of anilines is 1. The van der Waals surface area contributed by atoms with Gasteiger partial charge in [0.15, 0.2) is 5.96 Å². The average molecular weight is 422 g/mol. The molecule has 2 unspecified atom stereocenters. The molecule has 0 radical (unpaired) electrons. The molecule has 8 heteroatoms. The molecule has 0 aromatic heterocycles. The number of carboxylic acids is 1. The van der Waals surface area contributed by atoms with E-state index < -0.39 is 22.7 Å². The lowest BCUT2D eigenvalue weighted by molar-refractivity contribution is -0.132. The van der Waals surface area contributed by atoms with Gasteiger partial charge in [0.25, 0.3) is 0 Å². The predicted molar refractivity (Wildman–Crippen MR) is 113 cm³/mol. The van der Waals surface area contributed by atoms with E-state index in [2.05, 4.69) is 10.3 Å². The molecular weight excluding hydrogens is 399 g/mol. The standard InChI is InChI=1S/C23H23FN4O3/c1-22-11-23(22,27-21(25)28(2)20(22)31)16-10-12(6-8-17(16)24)26-18-9-7-13-14(18)4-3-5-15(13)19(29)30/h3-6,8,10,18,26H,7,9,11H2,1-2H3,(H2,25,27)(H,29,30)/t18?,22?,23-/m1/s1. The Kier molecular flexibility index (Phi) is 3.96. The lowest BCUT2D eigenvalue weighted by Gasteiger charge is -2.30. The molecule has 7 nitrogen and oxygen atoms in total. The fourth-order valence-electron chi connectivity index (χ4n) is 5.22. The normalized spacial score (nSPS) is 28.6. The first-order valence-corrected chi connectivity index (χ1v) is 10.2. The summed E-state index contributed by atoms with van der Waals surface area (Å²) in [5.74, 6) is -1.44. The van der Waals surface area contributed by atoms with Gasteiger partial charge in [-0.2, -0.15) is 0 Å². The zero-order valence-electron chi connectivity index (χ0n) is 17.3. The van der Waals surface area contributed by atoms with Crippen molar-refractivity contribution in [3.05, 3.63) is 64.5 Å². The monoisotopic (exact) mass is 422 g/mol. The maximum atomic E-state index is 14.9. The molecule has 31 heavy (non-hydrogen) atoms. The summed E-state index contributed by atoms with van der Waals surface area (Å²) in [4.78, 5) is 30.1. The molecule has 2 aliphatic carbocycles. The van der Waals surface area contributed by atoms with Crippen LogP contribution in [0.3, 0.4) is 0 Å². The molecule has 160 valence electrons. The van der Waals surface area contributed by atoms with Crippen LogP contribution in [0, 0.1) is 11.2 Å². The van der Waals surface area contributed by atoms with Gasteiger partial charge in [0.05, 0.1) is 17.0 Å². The van der Waals surface area contributed by atoms with E-state index in [4.69, 9.17) is 5.73 Å². The van der Waals surface area contributed by atoms with Gasteiger partial charge in [-0.05, 0) is 61.6 Å². The number of rotatable bonds is 4. The number of guanidine groups is 1. The van der Waals surface area contributed by atoms with E-state index in [0.717, 1.165) is 17.5 Å². The predicted octanol–water partition coefficient (Wildman–Crippen LogP) is 3.02. The Bertz CT molecular complexity index is 1180. The molecule has 2 aromatic carbocycles. The number of nitrogens with one attached hydrogen (secondary N) is 1. The molecule has 3 atom stereocenters. The number of hydrogen-bond acceptors (Lipinski definition) is 5. The number of carboxylic acid groups (broad SMARTS) is 1. The van der Waals surface area contributed by atoms with Gasteiger partial charge < -0.3 is 16.2 Å². The minimum Gasteiger partial charge on any atom is -0.478 e. The molecule has 1 saturated carbocycles. The highest BCUT2D eigenvalue weighted by molar-refractivity contribution is 6.04. The summed E-state index contributed by atoms with van der Waals surface area (Å²) in [5, 5.41) is 12.9. The maximum absolute atomic E-state index is 14.9. The van der Waals surface area contributed by atoms with Gasteiger partial charge in [0, 0.05) is 18.3 Å². The molecule has 0 saturated heterocycles. The Morgan fingerprint density at radius 1 is 1.35 bits per heavy atom. The second-order valence-electron chi connectivity index (χ2n) is 8.81. The Morgan fingerprint density at radius 3 is 2.87 bits per heavy atom. The number of aliphatic imine (C=N–C) groups is 1. The zero-order valence-corrected chi connectivity index (χ0v) is 17.3. The SMILES string of the molecule is CN1C(=O)C2(C)C[C@]2(c2cc(NC3CCc4c(C(=O)O)cccc43)ccc2F)N=C1N. The summed E-state index contributed by atoms with van der Waals surface area (Å²) in [6.07, 6.45) is 1.80. The average Bonchev–Trinajstić information content (AvgIpc) is 3.16. The van der Waals surface area contributed by atoms with Gasteiger partial charge in [-0.3, -0.25) is 9.69 Å². The minimum atomic E-state index is -0.994. The van der Waals surface area contributed by atoms with E-state index in [-0.39, 0.29) is 17.9 Å². The minimum absolute atomic E-state index is 0.0802. The lowest BCUT2D eigenvalue weighted by atomic mass is 9.91. The van der Waals surface area contributed by atoms with Crippen molar-refractivity contribution in [1.29, 1.82) is 0 Å². The largest absolute Gasteiger partial charge is 0.478 e. The summed E-state index contributed by atoms with van der Waals surface area (Å²) in [6.45, 7) is 1.79. The fraction of sp³-hybridized carbons (Fsp3) is 0.348. The van der Waals surface area contributed by atoms with Crippen LogP contribution in [0.4, 0.5) is 10.1 Å². The van der Waals surface area contributed by atoms with Crippen molar-refractivity contribution in [3.8, 4) is 0 Å². The number of carbonyl (C=O) groups is 2. The Labute approximate surface area is 178 Å². The zero-order chi connectivity index (χ0) is 22.1. The molecule has 1 fully saturated rings. The van der Waals surface area contributed by atoms with Crippen LogP contribution in [0.1, 0.15) is 52.9 Å². The lowest BCUT2D eigenvalue weighted by Crippen LogP contribution is -2.48. The Hall–Kier alpha value is -3.42. The molecule has 4 N–H and O–H groups in total. The maximum Gasteiger partial charge on any atom is 0.335 e. The van der Waals surface area contributed by atoms with Crippen molar-refractivity contribution in [2.45, 2.75) is 37.8 Å². The van der Waals surface area contributed by atoms with Crippen molar-refractivity contribution < 1.29 is 19.1 Å². The van der Waals surface area contributed by atoms with Gasteiger partial charge in [0.1, 0.15) is 11.4 Å². The first-order chi connectivity index (χ1) is 14.7. The van der Waals surface area contributed by atoms with E-state index >= 15 is 0 Å². The smallest absolute Gasteiger partial charge is 0.335 e. The van der Waals surface area contributed by atoms with Crippen molar-refractivity contribution in [2.24, 2.45) is 16.1 Å². The second-order valence-corrected chi connectivity index (χ2v) is 8.81. The number of nitrogens with zero attached hydrogens (tertiary/aromatic N) is 2. The van der Waals surface area contributed by atoms with Crippen LogP contribution in [0.25, 0.3) is 0 Å². The van der Waals surface area contributed by atoms with E-state index in [1.54, 1.807) is 38.2 Å². The second kappa shape index (κ2) is 6.29. The van der Waals surface area contributed by atoms with Crippen LogP contribution in [0.15, 0.2) is 41.4 Å². The number of aromatic carboxylic acids is 1. The molecule has 1 heterocycles. The van der Waals surface area contributed by atoms with Crippen LogP contribution in [-0.4, -0.2) is 34.9 Å². The summed E-state index contributed by atoms with van der Waals surface area (Å²) in [7, 11) is 1.58. The summed E-state index contributed by atoms with van der Waals surface area (Å²) in [5.41, 5.74) is 7.28. The third kappa shape index (κ3) is 2.60. The topological polar surface area (TPSA) is 108 Å². The van der Waals surface area contributed by atoms with Gasteiger partial charge in [-0.1, -0.05) is 12.1 Å². The first kappa shape index (κ1) is 19.5. The van der Waals surface area contributed by atoms with E-state index in [1.807, 2.05) is 6.07 Å². The van der Waals surface area contributed by atoms with Crippen LogP contribution >= 0.6 is 0 Å². The van der Waals surface area contributed by atoms with E-state index in [9.17, 15) is 19.1 Å². The molecule has 3 aliphatic rings. The number of halogens is 1. The Balaban J connectivity index is 1.50. The molecule has 2 aromatic rings. The van der Waals surface area contributed by atoms with Gasteiger partial charge in [-0.15, -0.1) is 0 Å². The number of nitrogens with two attached hydrogens (primary N) is 1. The quantitative estimate of drug-likeness (QED) is 0.702. The van der Waals surface area contributed by atoms with Crippen molar-refractivity contribution in [3.63, 3.8) is 0 Å². The number of carbonyl (C=O) groups excluding carboxylic acids is 1. The third-order valence-electron chi connectivity index (χ3n) is 7.08. The van der Waals surface area contributed by atoms with Crippen LogP contribution < -0.4 is 11.1 Å². The van der Waals surface area contributed by atoms with Gasteiger partial charge in [0.2, 0.25) is 5.91 Å². The van der Waals surface area contributed by atoms with Crippen molar-refractivity contribution >= 4 is 23.5 Å². The molecule has 0 bridgehead atoms. The van der Waals surface area contributed by atoms with Crippen molar-refractivity contribution in [2.75, 3.05) is 12.4 Å². The van der Waals surface area contributed by atoms with E-state index in [1.165, 1.54) is 11.0 Å². The summed E-state index contributed by atoms with van der Waals surface area (Å²) in [6, 6.07) is 9.94. The molecule has 1 aliphatic heterocycles. The highest BCUT2D eigenvalue weighted by atomic mass is 19.1. The highest BCUT2D eigenvalue weighted by Crippen LogP contribution is 2.68. The number of hydrogen-bond donors (Lipinski definition) is 3. The van der Waals surface area contributed by atoms with Crippen LogP contribution in [-0.2, 0) is 16.8 Å². The molecule has 0 spiro atoms. The van der Waals surface area contributed by atoms with Crippen LogP contribution in [0.2, 0.25) is 0 Å². The number of benzene rings is 2. The summed E-state index contributed by atoms with van der Waals surface area (Å²) >= 11 is 0. The molecule has 1 amide bonds. The molecule has 5 rings (SSSR count). The number of amides is 1. The fourth-order valence-corrected chi connectivity index (χ4v) is 5.22. The van der Waals surface area contributed by atoms with Gasteiger partial charge >= 0.3 is 5.97 Å². The molecular formula is C23H23FN4O3. The van der Waals surface area contributed by atoms with Gasteiger partial charge in [-0.25, -0.2) is 14.2 Å². The Morgan fingerprint density at radius 2 is 2.13 bits per heavy atom. The number of fused-ring (bicyclic) bond motifs is 2. The first-order valence-electron chi connectivity index (χ1n) is 10.2. The van der Waals surface area contributed by atoms with Crippen molar-refractivity contribution in [1.82, 2.24) is 4.90 Å². The third-order valence-corrected chi connectivity index (χ3v) is 7.08.